The zero-order chi connectivity index (χ0) is 34.7. The number of aliphatic carboxylic acids is 1. The summed E-state index contributed by atoms with van der Waals surface area (Å²) in [4.78, 5) is 18.3. The second-order valence-corrected chi connectivity index (χ2v) is 11.7. The molecule has 9 nitrogen and oxygen atoms in total. The number of carbonyl (C=O) groups is 1. The third kappa shape index (κ3) is 9.54. The van der Waals surface area contributed by atoms with Crippen molar-refractivity contribution in [1.29, 1.82) is 0 Å². The molecule has 1 fully saturated rings. The van der Waals surface area contributed by atoms with Crippen molar-refractivity contribution in [2.75, 3.05) is 25.0 Å². The normalized spacial score (nSPS) is 19.2. The average molecular weight is 684 g/mol. The highest BCUT2D eigenvalue weighted by atomic mass is 19.4. The minimum atomic E-state index is -5.10. The molecule has 0 bridgehead atoms. The van der Waals surface area contributed by atoms with Crippen molar-refractivity contribution >= 4 is 17.7 Å². The van der Waals surface area contributed by atoms with Crippen molar-refractivity contribution in [3.05, 3.63) is 58.3 Å². The molecule has 2 heterocycles. The van der Waals surface area contributed by atoms with Gasteiger partial charge in [-0.05, 0) is 74.3 Å². The van der Waals surface area contributed by atoms with Crippen LogP contribution in [0.15, 0.2) is 35.6 Å². The monoisotopic (exact) mass is 683 g/mol. The highest BCUT2D eigenvalue weighted by Gasteiger charge is 2.38. The summed E-state index contributed by atoms with van der Waals surface area (Å²) < 4.78 is 123. The highest BCUT2D eigenvalue weighted by molar-refractivity contribution is 5.80. The smallest absolute Gasteiger partial charge is 0.417 e. The molecule has 0 radical (unpaired) electrons. The largest absolute Gasteiger partial charge is 0.481 e. The van der Waals surface area contributed by atoms with Crippen LogP contribution in [0.2, 0.25) is 0 Å². The lowest BCUT2D eigenvalue weighted by molar-refractivity contribution is -0.143. The summed E-state index contributed by atoms with van der Waals surface area (Å²) in [7, 11) is 1.47. The van der Waals surface area contributed by atoms with Gasteiger partial charge < -0.3 is 14.9 Å². The number of pyridine rings is 1. The van der Waals surface area contributed by atoms with Gasteiger partial charge in [-0.1, -0.05) is 0 Å². The van der Waals surface area contributed by atoms with Crippen molar-refractivity contribution < 1.29 is 49.4 Å². The summed E-state index contributed by atoms with van der Waals surface area (Å²) in [6.07, 6.45) is -11.5. The Labute approximate surface area is 264 Å². The summed E-state index contributed by atoms with van der Waals surface area (Å²) in [5, 5.41) is 14.4. The molecule has 18 heteroatoms. The van der Waals surface area contributed by atoms with Crippen molar-refractivity contribution in [1.82, 2.24) is 26.0 Å². The number of hydrazine groups is 2. The van der Waals surface area contributed by atoms with Gasteiger partial charge in [0.05, 0.1) is 16.7 Å². The Hall–Kier alpha value is -3.96. The molecule has 0 atom stereocenters. The number of carboxylic acid groups (broad SMARTS) is 1. The summed E-state index contributed by atoms with van der Waals surface area (Å²) in [5.74, 6) is -0.654. The van der Waals surface area contributed by atoms with Crippen LogP contribution in [0.4, 0.5) is 45.3 Å². The van der Waals surface area contributed by atoms with Gasteiger partial charge in [0, 0.05) is 51.4 Å². The van der Waals surface area contributed by atoms with E-state index in [0.29, 0.717) is 57.1 Å². The molecule has 260 valence electrons. The first kappa shape index (κ1) is 35.9. The number of hydrogen-bond donors (Lipinski definition) is 3. The standard InChI is InChI=1S/C29H34F9N7O2/c1-3-44(14-18-6-4-17(5-7-18)10-24(46)47)25-20(11-23(13-39-25)29(36,37)38)16-45(26-40-42-43(2)41-26)15-19-8-21(27(30,31)32)12-22(9-19)28(33,34)35/h8-9,11-13,17-18,42H,3-7,10,14-16H2,1-2H3,(H,40,41)(H,46,47). The lowest BCUT2D eigenvalue weighted by Gasteiger charge is -2.34. The van der Waals surface area contributed by atoms with Crippen LogP contribution >= 0.6 is 0 Å². The van der Waals surface area contributed by atoms with Crippen LogP contribution in [-0.2, 0) is 36.4 Å². The molecule has 2 aliphatic rings. The molecule has 0 spiro atoms. The lowest BCUT2D eigenvalue weighted by atomic mass is 9.80. The van der Waals surface area contributed by atoms with Crippen LogP contribution < -0.4 is 15.9 Å². The number of alkyl halides is 9. The van der Waals surface area contributed by atoms with Gasteiger partial charge in [-0.15, -0.1) is 10.2 Å². The second-order valence-electron chi connectivity index (χ2n) is 11.7. The Morgan fingerprint density at radius 3 is 1.94 bits per heavy atom. The number of carboxylic acids is 1. The number of nitrogens with zero attached hydrogens (tertiary/aromatic N) is 5. The fourth-order valence-electron chi connectivity index (χ4n) is 5.81. The lowest BCUT2D eigenvalue weighted by Crippen LogP contribution is -2.44. The maximum atomic E-state index is 13.9. The number of halogens is 9. The first-order valence-electron chi connectivity index (χ1n) is 14.7. The van der Waals surface area contributed by atoms with Gasteiger partial charge in [-0.25, -0.2) is 10.5 Å². The average Bonchev–Trinajstić information content (AvgIpc) is 3.41. The number of hydrogen-bond acceptors (Lipinski definition) is 8. The first-order valence-corrected chi connectivity index (χ1v) is 14.7. The third-order valence-electron chi connectivity index (χ3n) is 8.11. The Bertz CT molecular complexity index is 1410. The molecule has 1 aromatic carbocycles. The minimum Gasteiger partial charge on any atom is -0.481 e. The molecule has 1 aliphatic carbocycles. The highest BCUT2D eigenvalue weighted by Crippen LogP contribution is 2.38. The van der Waals surface area contributed by atoms with Gasteiger partial charge in [0.15, 0.2) is 0 Å². The number of nitrogens with one attached hydrogen (secondary N) is 2. The molecule has 4 rings (SSSR count). The molecule has 2 aromatic rings. The van der Waals surface area contributed by atoms with Gasteiger partial charge in [0.25, 0.3) is 0 Å². The van der Waals surface area contributed by atoms with Crippen LogP contribution in [0.5, 0.6) is 0 Å². The molecule has 1 saturated carbocycles. The predicted molar refractivity (Wildman–Crippen MR) is 152 cm³/mol. The molecular formula is C29H34F9N7O2. The van der Waals surface area contributed by atoms with E-state index in [1.165, 1.54) is 17.1 Å². The summed E-state index contributed by atoms with van der Waals surface area (Å²) in [6.45, 7) is 1.48. The maximum Gasteiger partial charge on any atom is 0.417 e. The molecule has 3 N–H and O–H groups in total. The Morgan fingerprint density at radius 2 is 1.45 bits per heavy atom. The number of anilines is 1. The van der Waals surface area contributed by atoms with E-state index < -0.39 is 59.8 Å². The van der Waals surface area contributed by atoms with Gasteiger partial charge >= 0.3 is 24.5 Å². The SMILES string of the molecule is CCN(CC1CCC(CC(=O)O)CC1)c1ncc(C(F)(F)F)cc1CN(Cc1cc(C(F)(F)F)cc(C(F)(F)F)c1)C1=NNN(C)N1. The van der Waals surface area contributed by atoms with E-state index in [0.717, 1.165) is 6.07 Å². The van der Waals surface area contributed by atoms with Crippen molar-refractivity contribution in [3.8, 4) is 0 Å². The minimum absolute atomic E-state index is 0.00238. The first-order chi connectivity index (χ1) is 21.8. The quantitative estimate of drug-likeness (QED) is 0.246. The van der Waals surface area contributed by atoms with E-state index in [1.54, 1.807) is 11.8 Å². The van der Waals surface area contributed by atoms with Crippen molar-refractivity contribution in [3.63, 3.8) is 0 Å². The van der Waals surface area contributed by atoms with Crippen LogP contribution in [0, 0.1) is 11.8 Å². The fourth-order valence-corrected chi connectivity index (χ4v) is 5.81. The van der Waals surface area contributed by atoms with Gasteiger partial charge in [-0.2, -0.15) is 39.5 Å². The van der Waals surface area contributed by atoms with Crippen molar-refractivity contribution in [2.24, 2.45) is 16.9 Å². The fraction of sp³-hybridized carbons (Fsp3) is 0.552. The summed E-state index contributed by atoms with van der Waals surface area (Å²) in [5.41, 5.74) is 0.705. The van der Waals surface area contributed by atoms with Crippen LogP contribution in [0.1, 0.15) is 66.8 Å². The van der Waals surface area contributed by atoms with Gasteiger partial charge in [-0.3, -0.25) is 10.2 Å². The van der Waals surface area contributed by atoms with Crippen LogP contribution in [-0.4, -0.2) is 52.2 Å². The molecule has 47 heavy (non-hydrogen) atoms. The van der Waals surface area contributed by atoms with Gasteiger partial charge in [0.2, 0.25) is 5.96 Å². The van der Waals surface area contributed by atoms with E-state index in [1.807, 2.05) is 0 Å². The molecule has 0 amide bonds. The van der Waals surface area contributed by atoms with Crippen LogP contribution in [0.25, 0.3) is 0 Å². The van der Waals surface area contributed by atoms with E-state index in [2.05, 4.69) is 21.0 Å². The number of rotatable bonds is 10. The molecule has 1 aliphatic heterocycles. The zero-order valence-corrected chi connectivity index (χ0v) is 25.4. The molecule has 1 aromatic heterocycles. The van der Waals surface area contributed by atoms with E-state index >= 15 is 0 Å². The van der Waals surface area contributed by atoms with E-state index in [4.69, 9.17) is 5.11 Å². The number of benzene rings is 1. The van der Waals surface area contributed by atoms with Crippen LogP contribution in [0.3, 0.4) is 0 Å². The molecular weight excluding hydrogens is 649 g/mol. The number of guanidine groups is 1. The topological polar surface area (TPSA) is 96.3 Å². The predicted octanol–water partition coefficient (Wildman–Crippen LogP) is 6.47. The van der Waals surface area contributed by atoms with Crippen molar-refractivity contribution in [2.45, 2.75) is 70.6 Å². The molecule has 0 saturated heterocycles. The van der Waals surface area contributed by atoms with E-state index in [9.17, 15) is 44.3 Å². The molecule has 0 unspecified atom stereocenters. The van der Waals surface area contributed by atoms with E-state index in [-0.39, 0.29) is 41.7 Å². The summed E-state index contributed by atoms with van der Waals surface area (Å²) in [6, 6.07) is 1.97. The number of aromatic nitrogens is 1. The van der Waals surface area contributed by atoms with Gasteiger partial charge in [0.1, 0.15) is 5.82 Å². The zero-order valence-electron chi connectivity index (χ0n) is 25.4. The summed E-state index contributed by atoms with van der Waals surface area (Å²) >= 11 is 0. The maximum absolute atomic E-state index is 13.9. The Kier molecular flexibility index (Phi) is 10.7. The Balaban J connectivity index is 1.70. The third-order valence-corrected chi connectivity index (χ3v) is 8.11. The Morgan fingerprint density at radius 1 is 0.872 bits per heavy atom. The number of hydrazone groups is 1. The second kappa shape index (κ2) is 14.0.